The minimum absolute atomic E-state index is 0.0497. The molecule has 0 atom stereocenters. The Hall–Kier alpha value is -2.59. The molecular formula is C22H22ClF3N2O4. The SMILES string of the molecule is CC(C)(OCc1cc(-c2cccc(OC(F)(F)F)c2)n(Cc2ccccc2Cl)n1)C(O)O. The lowest BCUT2D eigenvalue weighted by Crippen LogP contribution is -2.38. The summed E-state index contributed by atoms with van der Waals surface area (Å²) in [5.41, 5.74) is 0.924. The molecule has 2 aromatic carbocycles. The van der Waals surface area contributed by atoms with E-state index in [0.29, 0.717) is 22.0 Å². The first-order valence-corrected chi connectivity index (χ1v) is 9.99. The minimum Gasteiger partial charge on any atom is -0.406 e. The summed E-state index contributed by atoms with van der Waals surface area (Å²) >= 11 is 6.27. The fourth-order valence-electron chi connectivity index (χ4n) is 2.87. The van der Waals surface area contributed by atoms with Crippen LogP contribution in [0.1, 0.15) is 25.1 Å². The van der Waals surface area contributed by atoms with E-state index in [2.05, 4.69) is 9.84 Å². The van der Waals surface area contributed by atoms with Gasteiger partial charge < -0.3 is 19.7 Å². The maximum Gasteiger partial charge on any atom is 0.573 e. The Bertz CT molecular complexity index is 1070. The number of benzene rings is 2. The molecule has 0 bridgehead atoms. The van der Waals surface area contributed by atoms with E-state index in [1.807, 2.05) is 12.1 Å². The van der Waals surface area contributed by atoms with Crippen LogP contribution in [0.5, 0.6) is 5.75 Å². The van der Waals surface area contributed by atoms with Crippen LogP contribution < -0.4 is 4.74 Å². The molecule has 0 radical (unpaired) electrons. The summed E-state index contributed by atoms with van der Waals surface area (Å²) in [6, 6.07) is 14.4. The number of nitrogens with zero attached hydrogens (tertiary/aromatic N) is 2. The molecule has 1 aromatic heterocycles. The lowest BCUT2D eigenvalue weighted by Gasteiger charge is -2.26. The Morgan fingerprint density at radius 2 is 1.78 bits per heavy atom. The van der Waals surface area contributed by atoms with Gasteiger partial charge >= 0.3 is 6.36 Å². The van der Waals surface area contributed by atoms with Gasteiger partial charge in [0.05, 0.1) is 24.5 Å². The largest absolute Gasteiger partial charge is 0.573 e. The Kier molecular flexibility index (Phi) is 7.14. The summed E-state index contributed by atoms with van der Waals surface area (Å²) in [7, 11) is 0. The highest BCUT2D eigenvalue weighted by Crippen LogP contribution is 2.30. The van der Waals surface area contributed by atoms with Crippen molar-refractivity contribution in [2.45, 2.75) is 45.3 Å². The molecule has 3 aromatic rings. The highest BCUT2D eigenvalue weighted by atomic mass is 35.5. The molecule has 6 nitrogen and oxygen atoms in total. The molecule has 0 unspecified atom stereocenters. The normalized spacial score (nSPS) is 12.4. The predicted molar refractivity (Wildman–Crippen MR) is 112 cm³/mol. The maximum absolute atomic E-state index is 12.7. The number of hydrogen-bond acceptors (Lipinski definition) is 5. The van der Waals surface area contributed by atoms with E-state index in [-0.39, 0.29) is 18.9 Å². The van der Waals surface area contributed by atoms with Gasteiger partial charge in [0.1, 0.15) is 11.4 Å². The summed E-state index contributed by atoms with van der Waals surface area (Å²) in [5.74, 6) is -0.358. The summed E-state index contributed by atoms with van der Waals surface area (Å²) in [4.78, 5) is 0. The monoisotopic (exact) mass is 470 g/mol. The zero-order chi connectivity index (χ0) is 23.5. The first-order chi connectivity index (χ1) is 14.9. The number of hydrogen-bond donors (Lipinski definition) is 2. The molecule has 0 aliphatic rings. The molecule has 0 aliphatic carbocycles. The van der Waals surface area contributed by atoms with Gasteiger partial charge in [-0.3, -0.25) is 4.68 Å². The second kappa shape index (κ2) is 9.50. The summed E-state index contributed by atoms with van der Waals surface area (Å²) in [5, 5.41) is 23.9. The van der Waals surface area contributed by atoms with Crippen LogP contribution in [0.25, 0.3) is 11.3 Å². The number of halogens is 4. The van der Waals surface area contributed by atoms with Crippen LogP contribution in [0.2, 0.25) is 5.02 Å². The Morgan fingerprint density at radius 3 is 2.44 bits per heavy atom. The molecule has 1 heterocycles. The van der Waals surface area contributed by atoms with E-state index in [4.69, 9.17) is 16.3 Å². The average molecular weight is 471 g/mol. The molecule has 32 heavy (non-hydrogen) atoms. The molecule has 0 aliphatic heterocycles. The van der Waals surface area contributed by atoms with E-state index < -0.39 is 18.3 Å². The zero-order valence-corrected chi connectivity index (χ0v) is 18.1. The average Bonchev–Trinajstić information content (AvgIpc) is 3.10. The van der Waals surface area contributed by atoms with Crippen LogP contribution in [0.3, 0.4) is 0 Å². The smallest absolute Gasteiger partial charge is 0.406 e. The fourth-order valence-corrected chi connectivity index (χ4v) is 3.06. The minimum atomic E-state index is -4.81. The van der Waals surface area contributed by atoms with Gasteiger partial charge in [-0.2, -0.15) is 5.10 Å². The Labute approximate surface area is 187 Å². The third-order valence-electron chi connectivity index (χ3n) is 4.69. The number of aromatic nitrogens is 2. The quantitative estimate of drug-likeness (QED) is 0.464. The van der Waals surface area contributed by atoms with E-state index in [9.17, 15) is 23.4 Å². The second-order valence-corrected chi connectivity index (χ2v) is 8.02. The van der Waals surface area contributed by atoms with Gasteiger partial charge in [0.25, 0.3) is 0 Å². The topological polar surface area (TPSA) is 76.7 Å². The predicted octanol–water partition coefficient (Wildman–Crippen LogP) is 4.76. The van der Waals surface area contributed by atoms with Crippen LogP contribution in [0.15, 0.2) is 54.6 Å². The van der Waals surface area contributed by atoms with Crippen LogP contribution in [0, 0.1) is 0 Å². The van der Waals surface area contributed by atoms with Crippen molar-refractivity contribution in [2.75, 3.05) is 0 Å². The third kappa shape index (κ3) is 6.23. The number of aliphatic hydroxyl groups excluding tert-OH is 1. The number of aliphatic hydroxyl groups is 2. The molecule has 0 fully saturated rings. The van der Waals surface area contributed by atoms with Crippen LogP contribution in [0.4, 0.5) is 13.2 Å². The summed E-state index contributed by atoms with van der Waals surface area (Å²) < 4.78 is 49.2. The number of alkyl halides is 3. The molecule has 0 spiro atoms. The highest BCUT2D eigenvalue weighted by Gasteiger charge is 2.31. The van der Waals surface area contributed by atoms with Crippen molar-refractivity contribution in [3.05, 3.63) is 70.9 Å². The standard InChI is InChI=1S/C22H22ClF3N2O4/c1-21(2,20(29)30)31-13-16-11-19(14-7-5-8-17(10-14)32-22(24,25)26)28(27-16)12-15-6-3-4-9-18(15)23/h3-11,20,29-30H,12-13H2,1-2H3. The van der Waals surface area contributed by atoms with Crippen LogP contribution in [-0.2, 0) is 17.9 Å². The van der Waals surface area contributed by atoms with Crippen molar-refractivity contribution in [1.29, 1.82) is 0 Å². The van der Waals surface area contributed by atoms with E-state index in [0.717, 1.165) is 5.56 Å². The molecule has 10 heteroatoms. The molecule has 172 valence electrons. The van der Waals surface area contributed by atoms with Gasteiger partial charge in [0, 0.05) is 10.6 Å². The van der Waals surface area contributed by atoms with Gasteiger partial charge in [-0.1, -0.05) is 41.9 Å². The van der Waals surface area contributed by atoms with Gasteiger partial charge in [0.15, 0.2) is 6.29 Å². The summed E-state index contributed by atoms with van der Waals surface area (Å²) in [6.45, 7) is 3.23. The van der Waals surface area contributed by atoms with Crippen LogP contribution >= 0.6 is 11.6 Å². The van der Waals surface area contributed by atoms with E-state index >= 15 is 0 Å². The lowest BCUT2D eigenvalue weighted by atomic mass is 10.1. The molecule has 0 amide bonds. The molecule has 3 rings (SSSR count). The van der Waals surface area contributed by atoms with Crippen molar-refractivity contribution in [3.8, 4) is 17.0 Å². The van der Waals surface area contributed by atoms with E-state index in [1.165, 1.54) is 32.0 Å². The fraction of sp³-hybridized carbons (Fsp3) is 0.318. The molecular weight excluding hydrogens is 449 g/mol. The molecule has 0 saturated heterocycles. The van der Waals surface area contributed by atoms with Crippen molar-refractivity contribution in [3.63, 3.8) is 0 Å². The molecule has 0 saturated carbocycles. The van der Waals surface area contributed by atoms with Crippen molar-refractivity contribution in [2.24, 2.45) is 0 Å². The first kappa shape index (κ1) is 24.1. The first-order valence-electron chi connectivity index (χ1n) is 9.61. The maximum atomic E-state index is 12.7. The van der Waals surface area contributed by atoms with Crippen molar-refractivity contribution in [1.82, 2.24) is 9.78 Å². The molecule has 2 N–H and O–H groups in total. The Balaban J connectivity index is 1.97. The van der Waals surface area contributed by atoms with Crippen molar-refractivity contribution >= 4 is 11.6 Å². The van der Waals surface area contributed by atoms with Gasteiger partial charge in [-0.05, 0) is 43.7 Å². The lowest BCUT2D eigenvalue weighted by molar-refractivity contribution is -0.274. The van der Waals surface area contributed by atoms with Crippen molar-refractivity contribution < 1.29 is 32.9 Å². The van der Waals surface area contributed by atoms with Gasteiger partial charge in [-0.15, -0.1) is 13.2 Å². The zero-order valence-electron chi connectivity index (χ0n) is 17.3. The van der Waals surface area contributed by atoms with Gasteiger partial charge in [0.2, 0.25) is 0 Å². The number of rotatable bonds is 8. The third-order valence-corrected chi connectivity index (χ3v) is 5.05. The van der Waals surface area contributed by atoms with Crippen LogP contribution in [-0.4, -0.2) is 38.2 Å². The van der Waals surface area contributed by atoms with Gasteiger partial charge in [-0.25, -0.2) is 0 Å². The summed E-state index contributed by atoms with van der Waals surface area (Å²) in [6.07, 6.45) is -6.52. The van der Waals surface area contributed by atoms with E-state index in [1.54, 1.807) is 28.9 Å². The highest BCUT2D eigenvalue weighted by molar-refractivity contribution is 6.31. The second-order valence-electron chi connectivity index (χ2n) is 7.61. The Morgan fingerprint density at radius 1 is 1.06 bits per heavy atom. The number of ether oxygens (including phenoxy) is 2.